The molecule has 0 saturated heterocycles. The molecule has 1 aromatic carbocycles. The molecule has 0 unspecified atom stereocenters. The molecule has 1 aromatic rings. The van der Waals surface area contributed by atoms with E-state index >= 15 is 0 Å². The van der Waals surface area contributed by atoms with Crippen LogP contribution < -0.4 is 10.5 Å². The van der Waals surface area contributed by atoms with Gasteiger partial charge in [-0.3, -0.25) is 4.79 Å². The summed E-state index contributed by atoms with van der Waals surface area (Å²) in [6.07, 6.45) is -1.47. The molecule has 6 heteroatoms. The average molecular weight is 216 g/mol. The predicted octanol–water partition coefficient (Wildman–Crippen LogP) is 1.50. The first-order valence-electron chi connectivity index (χ1n) is 3.51. The lowest BCUT2D eigenvalue weighted by atomic mass is 10.2. The normalized spacial score (nSPS) is 9.50. The first-order valence-corrected chi connectivity index (χ1v) is 3.88. The van der Waals surface area contributed by atoms with Crippen LogP contribution in [-0.4, -0.2) is 17.2 Å². The SMILES string of the molecule is NC(=O)c1ccc(OC(=O)O)c(Cl)c1. The molecular weight excluding hydrogens is 210 g/mol. The van der Waals surface area contributed by atoms with Crippen LogP contribution in [0.2, 0.25) is 5.02 Å². The van der Waals surface area contributed by atoms with Gasteiger partial charge in [0.25, 0.3) is 0 Å². The van der Waals surface area contributed by atoms with Crippen molar-refractivity contribution in [3.8, 4) is 5.75 Å². The maximum Gasteiger partial charge on any atom is 0.511 e. The Morgan fingerprint density at radius 3 is 2.50 bits per heavy atom. The van der Waals surface area contributed by atoms with E-state index in [9.17, 15) is 9.59 Å². The second-order valence-electron chi connectivity index (χ2n) is 2.38. The summed E-state index contributed by atoms with van der Waals surface area (Å²) in [5.74, 6) is -0.682. The van der Waals surface area contributed by atoms with Crippen molar-refractivity contribution in [2.45, 2.75) is 0 Å². The van der Waals surface area contributed by atoms with E-state index in [0.717, 1.165) is 0 Å². The lowest BCUT2D eigenvalue weighted by molar-refractivity contribution is 0.100. The molecule has 0 atom stereocenters. The Morgan fingerprint density at radius 2 is 2.07 bits per heavy atom. The van der Waals surface area contributed by atoms with Crippen molar-refractivity contribution in [2.24, 2.45) is 5.73 Å². The second-order valence-corrected chi connectivity index (χ2v) is 2.78. The highest BCUT2D eigenvalue weighted by atomic mass is 35.5. The second kappa shape index (κ2) is 3.97. The molecule has 0 aliphatic rings. The fourth-order valence-electron chi connectivity index (χ4n) is 0.831. The maximum absolute atomic E-state index is 10.7. The Hall–Kier alpha value is -1.75. The van der Waals surface area contributed by atoms with Crippen molar-refractivity contribution in [3.05, 3.63) is 28.8 Å². The van der Waals surface area contributed by atoms with Crippen LogP contribution in [0.5, 0.6) is 5.75 Å². The summed E-state index contributed by atoms with van der Waals surface area (Å²) in [5, 5.41) is 8.31. The van der Waals surface area contributed by atoms with Gasteiger partial charge in [-0.05, 0) is 18.2 Å². The molecule has 0 aliphatic carbocycles. The molecule has 0 aromatic heterocycles. The van der Waals surface area contributed by atoms with Crippen LogP contribution in [-0.2, 0) is 0 Å². The third-order valence-corrected chi connectivity index (χ3v) is 1.71. The number of amides is 1. The summed E-state index contributed by atoms with van der Waals surface area (Å²) in [6.45, 7) is 0. The zero-order chi connectivity index (χ0) is 10.7. The molecule has 0 saturated carbocycles. The first kappa shape index (κ1) is 10.3. The van der Waals surface area contributed by atoms with Crippen molar-refractivity contribution < 1.29 is 19.4 Å². The molecule has 0 heterocycles. The van der Waals surface area contributed by atoms with Crippen molar-refractivity contribution >= 4 is 23.7 Å². The number of carbonyl (C=O) groups is 2. The fourth-order valence-corrected chi connectivity index (χ4v) is 1.05. The third-order valence-electron chi connectivity index (χ3n) is 1.41. The maximum atomic E-state index is 10.7. The predicted molar refractivity (Wildman–Crippen MR) is 48.6 cm³/mol. The Balaban J connectivity index is 3.01. The number of carbonyl (C=O) groups excluding carboxylic acids is 1. The molecule has 14 heavy (non-hydrogen) atoms. The zero-order valence-electron chi connectivity index (χ0n) is 6.86. The van der Waals surface area contributed by atoms with Gasteiger partial charge in [0.2, 0.25) is 5.91 Å². The summed E-state index contributed by atoms with van der Waals surface area (Å²) >= 11 is 5.62. The number of hydrogen-bond donors (Lipinski definition) is 2. The molecule has 3 N–H and O–H groups in total. The minimum Gasteiger partial charge on any atom is -0.449 e. The summed E-state index contributed by atoms with van der Waals surface area (Å²) in [5.41, 5.74) is 5.17. The molecule has 5 nitrogen and oxygen atoms in total. The highest BCUT2D eigenvalue weighted by Crippen LogP contribution is 2.25. The van der Waals surface area contributed by atoms with Gasteiger partial charge >= 0.3 is 6.16 Å². The number of primary amides is 1. The zero-order valence-corrected chi connectivity index (χ0v) is 7.62. The number of halogens is 1. The van der Waals surface area contributed by atoms with E-state index in [-0.39, 0.29) is 16.3 Å². The molecule has 0 aliphatic heterocycles. The van der Waals surface area contributed by atoms with E-state index in [0.29, 0.717) is 0 Å². The van der Waals surface area contributed by atoms with Gasteiger partial charge in [-0.25, -0.2) is 4.79 Å². The molecule has 0 fully saturated rings. The number of hydrogen-bond acceptors (Lipinski definition) is 3. The third kappa shape index (κ3) is 2.37. The highest BCUT2D eigenvalue weighted by Gasteiger charge is 2.08. The highest BCUT2D eigenvalue weighted by molar-refractivity contribution is 6.32. The van der Waals surface area contributed by atoms with E-state index < -0.39 is 12.1 Å². The summed E-state index contributed by atoms with van der Waals surface area (Å²) in [7, 11) is 0. The Morgan fingerprint density at radius 1 is 1.43 bits per heavy atom. The quantitative estimate of drug-likeness (QED) is 0.578. The number of rotatable bonds is 2. The monoisotopic (exact) mass is 215 g/mol. The molecular formula is C8H6ClNO4. The first-order chi connectivity index (χ1) is 6.50. The topological polar surface area (TPSA) is 89.6 Å². The minimum absolute atomic E-state index is 0.0173. The van der Waals surface area contributed by atoms with Gasteiger partial charge in [0.05, 0.1) is 5.02 Å². The van der Waals surface area contributed by atoms with E-state index in [1.165, 1.54) is 18.2 Å². The van der Waals surface area contributed by atoms with Crippen LogP contribution in [0.3, 0.4) is 0 Å². The van der Waals surface area contributed by atoms with Gasteiger partial charge in [0, 0.05) is 5.56 Å². The van der Waals surface area contributed by atoms with E-state index in [2.05, 4.69) is 4.74 Å². The van der Waals surface area contributed by atoms with Gasteiger partial charge in [-0.1, -0.05) is 11.6 Å². The van der Waals surface area contributed by atoms with Crippen LogP contribution in [0.25, 0.3) is 0 Å². The molecule has 0 spiro atoms. The number of nitrogens with two attached hydrogens (primary N) is 1. The standard InChI is InChI=1S/C8H6ClNO4/c9-5-3-4(7(10)11)1-2-6(5)14-8(12)13/h1-3H,(H2,10,11)(H,12,13). The van der Waals surface area contributed by atoms with Crippen LogP contribution in [0.4, 0.5) is 4.79 Å². The Bertz CT molecular complexity index is 391. The van der Waals surface area contributed by atoms with Gasteiger partial charge in [0.1, 0.15) is 0 Å². The summed E-state index contributed by atoms with van der Waals surface area (Å²) in [4.78, 5) is 20.9. The van der Waals surface area contributed by atoms with Gasteiger partial charge in [0.15, 0.2) is 5.75 Å². The van der Waals surface area contributed by atoms with Crippen molar-refractivity contribution in [2.75, 3.05) is 0 Å². The van der Waals surface area contributed by atoms with Crippen molar-refractivity contribution in [1.29, 1.82) is 0 Å². The number of carboxylic acid groups (broad SMARTS) is 1. The smallest absolute Gasteiger partial charge is 0.449 e. The van der Waals surface area contributed by atoms with Crippen LogP contribution in [0.15, 0.2) is 18.2 Å². The van der Waals surface area contributed by atoms with Crippen LogP contribution in [0, 0.1) is 0 Å². The van der Waals surface area contributed by atoms with E-state index in [1.807, 2.05) is 0 Å². The Labute approximate surface area is 84.0 Å². The molecule has 74 valence electrons. The molecule has 1 rings (SSSR count). The van der Waals surface area contributed by atoms with Gasteiger partial charge < -0.3 is 15.6 Å². The molecule has 1 amide bonds. The minimum atomic E-state index is -1.47. The number of benzene rings is 1. The average Bonchev–Trinajstić information content (AvgIpc) is 2.07. The largest absolute Gasteiger partial charge is 0.511 e. The Kier molecular flexibility index (Phi) is 2.93. The van der Waals surface area contributed by atoms with Gasteiger partial charge in [-0.15, -0.1) is 0 Å². The molecule has 0 radical (unpaired) electrons. The number of ether oxygens (including phenoxy) is 1. The summed E-state index contributed by atoms with van der Waals surface area (Å²) < 4.78 is 4.31. The van der Waals surface area contributed by atoms with Crippen molar-refractivity contribution in [3.63, 3.8) is 0 Å². The van der Waals surface area contributed by atoms with Crippen molar-refractivity contribution in [1.82, 2.24) is 0 Å². The van der Waals surface area contributed by atoms with Crippen LogP contribution >= 0.6 is 11.6 Å². The molecule has 0 bridgehead atoms. The van der Waals surface area contributed by atoms with E-state index in [4.69, 9.17) is 22.4 Å². The fraction of sp³-hybridized carbons (Fsp3) is 0. The van der Waals surface area contributed by atoms with Gasteiger partial charge in [-0.2, -0.15) is 0 Å². The lowest BCUT2D eigenvalue weighted by Crippen LogP contribution is -2.11. The summed E-state index contributed by atoms with van der Waals surface area (Å²) in [6, 6.07) is 3.82. The van der Waals surface area contributed by atoms with E-state index in [1.54, 1.807) is 0 Å². The lowest BCUT2D eigenvalue weighted by Gasteiger charge is -2.03. The van der Waals surface area contributed by atoms with Crippen LogP contribution in [0.1, 0.15) is 10.4 Å².